The lowest BCUT2D eigenvalue weighted by Gasteiger charge is -2.04. The largest absolute Gasteiger partial charge is 0.455 e. The summed E-state index contributed by atoms with van der Waals surface area (Å²) in [5.74, 6) is -0.648. The van der Waals surface area contributed by atoms with Crippen LogP contribution in [0.25, 0.3) is 0 Å². The van der Waals surface area contributed by atoms with Crippen molar-refractivity contribution in [3.63, 3.8) is 0 Å². The minimum absolute atomic E-state index is 0.00693. The molecule has 0 saturated carbocycles. The highest BCUT2D eigenvalue weighted by Gasteiger charge is 2.10. The highest BCUT2D eigenvalue weighted by molar-refractivity contribution is 5.90. The van der Waals surface area contributed by atoms with Crippen LogP contribution in [0.1, 0.15) is 21.6 Å². The van der Waals surface area contributed by atoms with E-state index in [0.29, 0.717) is 16.9 Å². The molecule has 0 fully saturated rings. The molecule has 1 amide bonds. The molecule has 0 unspecified atom stereocenters. The fourth-order valence-corrected chi connectivity index (χ4v) is 2.26. The number of carbonyl (C=O) groups is 2. The summed E-state index contributed by atoms with van der Waals surface area (Å²) in [6, 6.07) is 16.3. The van der Waals surface area contributed by atoms with Gasteiger partial charge in [0.05, 0.1) is 11.8 Å². The number of nitrogens with one attached hydrogen (secondary N) is 1. The summed E-state index contributed by atoms with van der Waals surface area (Å²) < 4.78 is 6.61. The van der Waals surface area contributed by atoms with Crippen molar-refractivity contribution in [3.05, 3.63) is 77.6 Å². The van der Waals surface area contributed by atoms with Gasteiger partial charge in [0.25, 0.3) is 0 Å². The maximum Gasteiger partial charge on any atom is 0.338 e. The van der Waals surface area contributed by atoms with E-state index in [2.05, 4.69) is 15.6 Å². The Bertz CT molecular complexity index is 889. The van der Waals surface area contributed by atoms with E-state index in [-0.39, 0.29) is 19.1 Å². The number of aryl methyl sites for hydroxylation is 1. The van der Waals surface area contributed by atoms with Crippen LogP contribution in [0.3, 0.4) is 0 Å². The lowest BCUT2D eigenvalue weighted by molar-refractivity contribution is -0.116. The highest BCUT2D eigenvalue weighted by atomic mass is 16.5. The Hall–Kier alpha value is -3.48. The number of amides is 1. The molecule has 0 aliphatic rings. The number of rotatable bonds is 6. The minimum atomic E-state index is -0.429. The maximum atomic E-state index is 12.0. The molecule has 2 aromatic carbocycles. The summed E-state index contributed by atoms with van der Waals surface area (Å²) in [5, 5.41) is 10.5. The van der Waals surface area contributed by atoms with E-state index < -0.39 is 5.97 Å². The third kappa shape index (κ3) is 4.76. The minimum Gasteiger partial charge on any atom is -0.455 e. The normalized spacial score (nSPS) is 10.3. The average Bonchev–Trinajstić information content (AvgIpc) is 3.08. The van der Waals surface area contributed by atoms with Crippen molar-refractivity contribution >= 4 is 17.6 Å². The quantitative estimate of drug-likeness (QED) is 0.691. The van der Waals surface area contributed by atoms with Gasteiger partial charge in [-0.15, -0.1) is 5.10 Å². The number of carbonyl (C=O) groups excluding carboxylic acids is 2. The van der Waals surface area contributed by atoms with E-state index in [9.17, 15) is 9.59 Å². The molecule has 0 saturated heterocycles. The second-order valence-electron chi connectivity index (χ2n) is 5.76. The number of esters is 1. The van der Waals surface area contributed by atoms with Gasteiger partial charge in [0, 0.05) is 5.69 Å². The molecule has 0 spiro atoms. The first kappa shape index (κ1) is 17.3. The van der Waals surface area contributed by atoms with Gasteiger partial charge >= 0.3 is 5.97 Å². The SMILES string of the molecule is Cc1ccc(C(=O)OCc2cn(CC(=O)Nc3ccccc3)nn2)cc1. The Morgan fingerprint density at radius 2 is 1.81 bits per heavy atom. The first-order valence-corrected chi connectivity index (χ1v) is 8.08. The summed E-state index contributed by atoms with van der Waals surface area (Å²) in [6.07, 6.45) is 1.58. The first-order chi connectivity index (χ1) is 12.6. The number of hydrogen-bond donors (Lipinski definition) is 1. The number of aromatic nitrogens is 3. The summed E-state index contributed by atoms with van der Waals surface area (Å²) in [4.78, 5) is 24.0. The summed E-state index contributed by atoms with van der Waals surface area (Å²) in [7, 11) is 0. The summed E-state index contributed by atoms with van der Waals surface area (Å²) in [5.41, 5.74) is 2.73. The molecule has 0 bridgehead atoms. The van der Waals surface area contributed by atoms with E-state index in [1.807, 2.05) is 37.3 Å². The first-order valence-electron chi connectivity index (χ1n) is 8.08. The van der Waals surface area contributed by atoms with Crippen molar-refractivity contribution in [2.24, 2.45) is 0 Å². The van der Waals surface area contributed by atoms with Crippen LogP contribution >= 0.6 is 0 Å². The molecular formula is C19H18N4O3. The van der Waals surface area contributed by atoms with Gasteiger partial charge in [-0.25, -0.2) is 9.48 Å². The van der Waals surface area contributed by atoms with Crippen LogP contribution in [0, 0.1) is 6.92 Å². The number of para-hydroxylation sites is 1. The van der Waals surface area contributed by atoms with Gasteiger partial charge in [-0.1, -0.05) is 41.1 Å². The molecule has 0 atom stereocenters. The zero-order chi connectivity index (χ0) is 18.4. The number of anilines is 1. The molecule has 1 heterocycles. The molecule has 0 aliphatic heterocycles. The fraction of sp³-hybridized carbons (Fsp3) is 0.158. The lowest BCUT2D eigenvalue weighted by Crippen LogP contribution is -2.19. The van der Waals surface area contributed by atoms with Crippen molar-refractivity contribution in [2.75, 3.05) is 5.32 Å². The van der Waals surface area contributed by atoms with Gasteiger partial charge in [-0.3, -0.25) is 4.79 Å². The second-order valence-corrected chi connectivity index (χ2v) is 5.76. The van der Waals surface area contributed by atoms with Crippen molar-refractivity contribution in [1.82, 2.24) is 15.0 Å². The third-order valence-electron chi connectivity index (χ3n) is 3.59. The number of nitrogens with zero attached hydrogens (tertiary/aromatic N) is 3. The molecule has 3 aromatic rings. The van der Waals surface area contributed by atoms with Crippen LogP contribution in [0.15, 0.2) is 60.8 Å². The standard InChI is InChI=1S/C19H18N4O3/c1-14-7-9-15(10-8-14)19(25)26-13-17-11-23(22-21-17)12-18(24)20-16-5-3-2-4-6-16/h2-11H,12-13H2,1H3,(H,20,24). The van der Waals surface area contributed by atoms with Crippen molar-refractivity contribution < 1.29 is 14.3 Å². The predicted octanol–water partition coefficient (Wildman–Crippen LogP) is 2.58. The van der Waals surface area contributed by atoms with E-state index >= 15 is 0 Å². The zero-order valence-electron chi connectivity index (χ0n) is 14.3. The topological polar surface area (TPSA) is 86.1 Å². The Balaban J connectivity index is 1.50. The van der Waals surface area contributed by atoms with Gasteiger partial charge in [-0.05, 0) is 31.2 Å². The lowest BCUT2D eigenvalue weighted by atomic mass is 10.1. The molecule has 0 aliphatic carbocycles. The monoisotopic (exact) mass is 350 g/mol. The maximum absolute atomic E-state index is 12.0. The summed E-state index contributed by atoms with van der Waals surface area (Å²) >= 11 is 0. The molecule has 0 radical (unpaired) electrons. The van der Waals surface area contributed by atoms with Crippen LogP contribution < -0.4 is 5.32 Å². The van der Waals surface area contributed by atoms with Crippen LogP contribution in [-0.2, 0) is 22.7 Å². The number of ether oxygens (including phenoxy) is 1. The Labute approximate surface area is 150 Å². The van der Waals surface area contributed by atoms with Gasteiger partial charge in [0.1, 0.15) is 18.8 Å². The van der Waals surface area contributed by atoms with Crippen molar-refractivity contribution in [3.8, 4) is 0 Å². The van der Waals surface area contributed by atoms with E-state index in [0.717, 1.165) is 5.56 Å². The second kappa shape index (κ2) is 8.06. The van der Waals surface area contributed by atoms with Crippen molar-refractivity contribution in [2.45, 2.75) is 20.1 Å². The Morgan fingerprint density at radius 3 is 2.54 bits per heavy atom. The molecule has 7 heteroatoms. The summed E-state index contributed by atoms with van der Waals surface area (Å²) in [6.45, 7) is 1.96. The van der Waals surface area contributed by atoms with Gasteiger partial charge in [-0.2, -0.15) is 0 Å². The third-order valence-corrected chi connectivity index (χ3v) is 3.59. The fourth-order valence-electron chi connectivity index (χ4n) is 2.26. The zero-order valence-corrected chi connectivity index (χ0v) is 14.3. The molecule has 1 aromatic heterocycles. The molecule has 132 valence electrons. The van der Waals surface area contributed by atoms with Gasteiger partial charge in [0.15, 0.2) is 0 Å². The van der Waals surface area contributed by atoms with Crippen molar-refractivity contribution in [1.29, 1.82) is 0 Å². The van der Waals surface area contributed by atoms with E-state index in [1.165, 1.54) is 4.68 Å². The molecule has 7 nitrogen and oxygen atoms in total. The molecule has 26 heavy (non-hydrogen) atoms. The van der Waals surface area contributed by atoms with Gasteiger partial charge < -0.3 is 10.1 Å². The smallest absolute Gasteiger partial charge is 0.338 e. The van der Waals surface area contributed by atoms with E-state index in [4.69, 9.17) is 4.74 Å². The van der Waals surface area contributed by atoms with Crippen LogP contribution in [-0.4, -0.2) is 26.9 Å². The molecule has 1 N–H and O–H groups in total. The van der Waals surface area contributed by atoms with Gasteiger partial charge in [0.2, 0.25) is 5.91 Å². The molecule has 3 rings (SSSR count). The number of benzene rings is 2. The van der Waals surface area contributed by atoms with Crippen LogP contribution in [0.5, 0.6) is 0 Å². The van der Waals surface area contributed by atoms with Crippen LogP contribution in [0.2, 0.25) is 0 Å². The predicted molar refractivity (Wildman–Crippen MR) is 95.4 cm³/mol. The number of hydrogen-bond acceptors (Lipinski definition) is 5. The Morgan fingerprint density at radius 1 is 1.08 bits per heavy atom. The molecular weight excluding hydrogens is 332 g/mol. The van der Waals surface area contributed by atoms with Crippen LogP contribution in [0.4, 0.5) is 5.69 Å². The highest BCUT2D eigenvalue weighted by Crippen LogP contribution is 2.07. The van der Waals surface area contributed by atoms with E-state index in [1.54, 1.807) is 30.5 Å². The Kier molecular flexibility index (Phi) is 5.38. The average molecular weight is 350 g/mol.